The fourth-order valence-electron chi connectivity index (χ4n) is 2.99. The Morgan fingerprint density at radius 3 is 2.25 bits per heavy atom. The molecule has 0 radical (unpaired) electrons. The van der Waals surface area contributed by atoms with Crippen molar-refractivity contribution in [3.8, 4) is 0 Å². The lowest BCUT2D eigenvalue weighted by molar-refractivity contribution is 0.307. The molecule has 0 amide bonds. The average molecular weight is 435 g/mol. The summed E-state index contributed by atoms with van der Waals surface area (Å²) in [6, 6.07) is 0. The van der Waals surface area contributed by atoms with Crippen molar-refractivity contribution >= 4 is 32.9 Å². The van der Waals surface area contributed by atoms with E-state index in [1.165, 1.54) is 9.13 Å². The van der Waals surface area contributed by atoms with Crippen molar-refractivity contribution in [2.24, 2.45) is 0 Å². The Balaban J connectivity index is 2.42. The molecule has 2 aromatic heterocycles. The molecule has 0 unspecified atom stereocenters. The third-order valence-electron chi connectivity index (χ3n) is 4.32. The standard InChI is InChI=1S/C17H27ClN4O5S/c1-4-6-10-21-14-13(20(9-5-2)16(18)19-14)15(23)22(17(21)24)11-7-8-12-27-28(3,25)26/h4-12H2,1-3H3. The number of imidazole rings is 1. The fraction of sp³-hybridized carbons (Fsp3) is 0.706. The zero-order chi connectivity index (χ0) is 20.9. The Morgan fingerprint density at radius 2 is 1.64 bits per heavy atom. The van der Waals surface area contributed by atoms with Gasteiger partial charge in [0.05, 0.1) is 12.9 Å². The lowest BCUT2D eigenvalue weighted by Gasteiger charge is -2.12. The van der Waals surface area contributed by atoms with E-state index in [4.69, 9.17) is 15.8 Å². The molecule has 0 spiro atoms. The first-order valence-corrected chi connectivity index (χ1v) is 11.6. The predicted molar refractivity (Wildman–Crippen MR) is 108 cm³/mol. The minimum Gasteiger partial charge on any atom is -0.309 e. The van der Waals surface area contributed by atoms with E-state index in [1.54, 1.807) is 4.57 Å². The van der Waals surface area contributed by atoms with Crippen molar-refractivity contribution in [3.63, 3.8) is 0 Å². The molecule has 0 aliphatic heterocycles. The van der Waals surface area contributed by atoms with E-state index in [2.05, 4.69) is 4.98 Å². The maximum Gasteiger partial charge on any atom is 0.332 e. The Kier molecular flexibility index (Phi) is 7.85. The smallest absolute Gasteiger partial charge is 0.309 e. The third-order valence-corrected chi connectivity index (χ3v) is 5.21. The van der Waals surface area contributed by atoms with Gasteiger partial charge in [-0.3, -0.25) is 18.1 Å². The van der Waals surface area contributed by atoms with Gasteiger partial charge in [0, 0.05) is 19.6 Å². The van der Waals surface area contributed by atoms with Gasteiger partial charge in [-0.15, -0.1) is 0 Å². The molecule has 11 heteroatoms. The number of aromatic nitrogens is 4. The zero-order valence-electron chi connectivity index (χ0n) is 16.5. The second-order valence-corrected chi connectivity index (χ2v) is 8.66. The molecule has 0 atom stereocenters. The highest BCUT2D eigenvalue weighted by molar-refractivity contribution is 7.85. The fourth-order valence-corrected chi connectivity index (χ4v) is 3.66. The van der Waals surface area contributed by atoms with E-state index in [-0.39, 0.29) is 18.4 Å². The second-order valence-electron chi connectivity index (χ2n) is 6.68. The van der Waals surface area contributed by atoms with E-state index in [1.807, 2.05) is 13.8 Å². The highest BCUT2D eigenvalue weighted by atomic mass is 35.5. The van der Waals surface area contributed by atoms with E-state index in [9.17, 15) is 18.0 Å². The summed E-state index contributed by atoms with van der Waals surface area (Å²) in [5.74, 6) is 0. The molecule has 0 saturated carbocycles. The van der Waals surface area contributed by atoms with Crippen molar-refractivity contribution < 1.29 is 12.6 Å². The molecule has 0 N–H and O–H groups in total. The first-order chi connectivity index (χ1) is 13.2. The summed E-state index contributed by atoms with van der Waals surface area (Å²) in [5.41, 5.74) is -0.203. The molecule has 2 heterocycles. The molecule has 28 heavy (non-hydrogen) atoms. The quantitative estimate of drug-likeness (QED) is 0.304. The molecule has 9 nitrogen and oxygen atoms in total. The van der Waals surface area contributed by atoms with Crippen molar-refractivity contribution in [2.45, 2.75) is 65.6 Å². The Morgan fingerprint density at radius 1 is 0.964 bits per heavy atom. The van der Waals surface area contributed by atoms with Crippen LogP contribution in [0.3, 0.4) is 0 Å². The van der Waals surface area contributed by atoms with Gasteiger partial charge in [-0.05, 0) is 37.3 Å². The Hall–Kier alpha value is -1.65. The van der Waals surface area contributed by atoms with Gasteiger partial charge in [-0.25, -0.2) is 4.79 Å². The number of nitrogens with zero attached hydrogens (tertiary/aromatic N) is 4. The SMILES string of the molecule is CCCCn1c(=O)n(CCCCOS(C)(=O)=O)c(=O)c2c1nc(Cl)n2CCC. The van der Waals surface area contributed by atoms with Gasteiger partial charge in [0.2, 0.25) is 5.28 Å². The molecule has 0 fully saturated rings. The lowest BCUT2D eigenvalue weighted by Crippen LogP contribution is -2.40. The maximum absolute atomic E-state index is 13.0. The molecule has 2 rings (SSSR count). The summed E-state index contributed by atoms with van der Waals surface area (Å²) in [7, 11) is -3.50. The number of aryl methyl sites for hydroxylation is 2. The molecular formula is C17H27ClN4O5S. The number of fused-ring (bicyclic) bond motifs is 1. The summed E-state index contributed by atoms with van der Waals surface area (Å²) in [6.07, 6.45) is 4.24. The third kappa shape index (κ3) is 5.24. The minimum atomic E-state index is -3.50. The highest BCUT2D eigenvalue weighted by Gasteiger charge is 2.20. The van der Waals surface area contributed by atoms with E-state index >= 15 is 0 Å². The van der Waals surface area contributed by atoms with Crippen molar-refractivity contribution in [2.75, 3.05) is 12.9 Å². The second kappa shape index (κ2) is 9.71. The summed E-state index contributed by atoms with van der Waals surface area (Å²) >= 11 is 6.23. The van der Waals surface area contributed by atoms with Crippen LogP contribution in [0.15, 0.2) is 9.59 Å². The molecule has 158 valence electrons. The Bertz CT molecular complexity index is 1040. The van der Waals surface area contributed by atoms with Gasteiger partial charge in [-0.1, -0.05) is 20.3 Å². The molecule has 0 saturated heterocycles. The van der Waals surface area contributed by atoms with Crippen molar-refractivity contribution in [1.82, 2.24) is 18.7 Å². The number of rotatable bonds is 11. The van der Waals surface area contributed by atoms with Crippen molar-refractivity contribution in [1.29, 1.82) is 0 Å². The average Bonchev–Trinajstić information content (AvgIpc) is 2.93. The number of unbranched alkanes of at least 4 members (excludes halogenated alkanes) is 2. The summed E-state index contributed by atoms with van der Waals surface area (Å²) in [4.78, 5) is 30.2. The monoisotopic (exact) mass is 434 g/mol. The zero-order valence-corrected chi connectivity index (χ0v) is 18.1. The van der Waals surface area contributed by atoms with E-state index < -0.39 is 21.4 Å². The molecule has 0 aliphatic carbocycles. The summed E-state index contributed by atoms with van der Waals surface area (Å²) in [5, 5.41) is 0.193. The normalized spacial score (nSPS) is 12.1. The van der Waals surface area contributed by atoms with Crippen LogP contribution in [-0.4, -0.2) is 40.0 Å². The number of hydrogen-bond acceptors (Lipinski definition) is 6. The molecule has 0 bridgehead atoms. The minimum absolute atomic E-state index is 0.0133. The van der Waals surface area contributed by atoms with Gasteiger partial charge in [0.1, 0.15) is 0 Å². The van der Waals surface area contributed by atoms with Crippen LogP contribution in [0.4, 0.5) is 0 Å². The largest absolute Gasteiger partial charge is 0.332 e. The van der Waals surface area contributed by atoms with Gasteiger partial charge in [-0.2, -0.15) is 13.4 Å². The number of halogens is 1. The molecule has 0 aromatic carbocycles. The van der Waals surface area contributed by atoms with Crippen LogP contribution in [0, 0.1) is 0 Å². The molecule has 2 aromatic rings. The Labute approximate surface area is 169 Å². The van der Waals surface area contributed by atoms with Crippen LogP contribution in [0.25, 0.3) is 11.2 Å². The molecule has 0 aliphatic rings. The molecular weight excluding hydrogens is 408 g/mol. The van der Waals surface area contributed by atoms with Crippen LogP contribution in [-0.2, 0) is 33.9 Å². The van der Waals surface area contributed by atoms with Crippen LogP contribution in [0.5, 0.6) is 0 Å². The van der Waals surface area contributed by atoms with Gasteiger partial charge >= 0.3 is 5.69 Å². The topological polar surface area (TPSA) is 105 Å². The van der Waals surface area contributed by atoms with Gasteiger partial charge < -0.3 is 4.57 Å². The summed E-state index contributed by atoms with van der Waals surface area (Å²) in [6.45, 7) is 5.14. The lowest BCUT2D eigenvalue weighted by atomic mass is 10.3. The van der Waals surface area contributed by atoms with Crippen LogP contribution in [0.1, 0.15) is 46.0 Å². The van der Waals surface area contributed by atoms with E-state index in [0.717, 1.165) is 25.5 Å². The van der Waals surface area contributed by atoms with E-state index in [0.29, 0.717) is 37.1 Å². The van der Waals surface area contributed by atoms with Crippen molar-refractivity contribution in [3.05, 3.63) is 26.1 Å². The predicted octanol–water partition coefficient (Wildman–Crippen LogP) is 1.98. The number of hydrogen-bond donors (Lipinski definition) is 0. The van der Waals surface area contributed by atoms with Gasteiger partial charge in [0.25, 0.3) is 15.7 Å². The first-order valence-electron chi connectivity index (χ1n) is 9.45. The summed E-state index contributed by atoms with van der Waals surface area (Å²) < 4.78 is 31.1. The highest BCUT2D eigenvalue weighted by Crippen LogP contribution is 2.17. The van der Waals surface area contributed by atoms with Crippen LogP contribution >= 0.6 is 11.6 Å². The maximum atomic E-state index is 13.0. The van der Waals surface area contributed by atoms with Gasteiger partial charge in [0.15, 0.2) is 11.2 Å². The van der Waals surface area contributed by atoms with Crippen LogP contribution < -0.4 is 11.2 Å². The first kappa shape index (κ1) is 22.6. The van der Waals surface area contributed by atoms with Crippen LogP contribution in [0.2, 0.25) is 5.28 Å².